The average molecular weight is 362 g/mol. The number of aryl methyl sites for hydroxylation is 1. The maximum absolute atomic E-state index is 12.7. The summed E-state index contributed by atoms with van der Waals surface area (Å²) in [5.74, 6) is -0.327. The van der Waals surface area contributed by atoms with Crippen LogP contribution in [0.3, 0.4) is 0 Å². The van der Waals surface area contributed by atoms with Gasteiger partial charge in [-0.3, -0.25) is 4.79 Å². The largest absolute Gasteiger partial charge is 0.421 e. The lowest BCUT2D eigenvalue weighted by molar-refractivity contribution is 0.102. The Morgan fingerprint density at radius 1 is 1.00 bits per heavy atom. The first kappa shape index (κ1) is 17.3. The molecule has 1 amide bonds. The fourth-order valence-electron chi connectivity index (χ4n) is 3.58. The zero-order valence-electron chi connectivity index (χ0n) is 15.2. The van der Waals surface area contributed by atoms with E-state index in [1.807, 2.05) is 37.3 Å². The van der Waals surface area contributed by atoms with Crippen molar-refractivity contribution in [3.05, 3.63) is 70.1 Å². The number of hydrogen-bond acceptors (Lipinski definition) is 4. The number of benzene rings is 2. The van der Waals surface area contributed by atoms with Gasteiger partial charge < -0.3 is 15.1 Å². The number of hydrogen-bond donors (Lipinski definition) is 2. The zero-order chi connectivity index (χ0) is 18.8. The first-order valence-electron chi connectivity index (χ1n) is 9.32. The third-order valence-electron chi connectivity index (χ3n) is 5.07. The van der Waals surface area contributed by atoms with Gasteiger partial charge in [0.1, 0.15) is 5.58 Å². The zero-order valence-corrected chi connectivity index (χ0v) is 15.2. The van der Waals surface area contributed by atoms with Gasteiger partial charge >= 0.3 is 5.63 Å². The van der Waals surface area contributed by atoms with Gasteiger partial charge in [-0.2, -0.15) is 0 Å². The first-order chi connectivity index (χ1) is 13.1. The van der Waals surface area contributed by atoms with E-state index in [0.717, 1.165) is 23.8 Å². The number of carbonyl (C=O) groups excluding carboxylic acids is 1. The third kappa shape index (κ3) is 3.58. The molecule has 3 aromatic rings. The highest BCUT2D eigenvalue weighted by Crippen LogP contribution is 2.32. The summed E-state index contributed by atoms with van der Waals surface area (Å²) in [4.78, 5) is 25.3. The van der Waals surface area contributed by atoms with Crippen molar-refractivity contribution in [2.24, 2.45) is 0 Å². The molecule has 2 aromatic carbocycles. The van der Waals surface area contributed by atoms with Crippen molar-refractivity contribution in [2.45, 2.75) is 38.6 Å². The number of amides is 1. The van der Waals surface area contributed by atoms with E-state index in [4.69, 9.17) is 4.42 Å². The Morgan fingerprint density at radius 3 is 2.44 bits per heavy atom. The Bertz CT molecular complexity index is 1030. The van der Waals surface area contributed by atoms with Crippen molar-refractivity contribution in [3.63, 3.8) is 0 Å². The van der Waals surface area contributed by atoms with Crippen molar-refractivity contribution < 1.29 is 9.21 Å². The molecule has 0 saturated heterocycles. The summed E-state index contributed by atoms with van der Waals surface area (Å²) in [6.45, 7) is 1.96. The third-order valence-corrected chi connectivity index (χ3v) is 5.07. The lowest BCUT2D eigenvalue weighted by atomic mass is 10.1. The van der Waals surface area contributed by atoms with Gasteiger partial charge in [-0.05, 0) is 44.0 Å². The molecule has 0 aliphatic heterocycles. The molecule has 1 saturated carbocycles. The molecule has 0 radical (unpaired) electrons. The highest BCUT2D eigenvalue weighted by molar-refractivity contribution is 6.08. The lowest BCUT2D eigenvalue weighted by Crippen LogP contribution is -2.23. The summed E-state index contributed by atoms with van der Waals surface area (Å²) in [6, 6.07) is 14.9. The van der Waals surface area contributed by atoms with E-state index < -0.39 is 5.63 Å². The summed E-state index contributed by atoms with van der Waals surface area (Å²) < 4.78 is 5.44. The minimum atomic E-state index is -0.547. The Kier molecular flexibility index (Phi) is 4.67. The van der Waals surface area contributed by atoms with Crippen LogP contribution < -0.4 is 16.3 Å². The quantitative estimate of drug-likeness (QED) is 0.660. The van der Waals surface area contributed by atoms with Crippen LogP contribution in [0.2, 0.25) is 0 Å². The van der Waals surface area contributed by atoms with E-state index in [2.05, 4.69) is 10.6 Å². The number of para-hydroxylation sites is 1. The summed E-state index contributed by atoms with van der Waals surface area (Å²) in [5.41, 5.74) is 2.35. The summed E-state index contributed by atoms with van der Waals surface area (Å²) in [6.07, 6.45) is 4.45. The van der Waals surface area contributed by atoms with Crippen molar-refractivity contribution in [2.75, 3.05) is 10.6 Å². The molecule has 1 aromatic heterocycles. The molecule has 5 nitrogen and oxygen atoms in total. The fourth-order valence-corrected chi connectivity index (χ4v) is 3.58. The lowest BCUT2D eigenvalue weighted by Gasteiger charge is -2.18. The summed E-state index contributed by atoms with van der Waals surface area (Å²) >= 11 is 0. The second kappa shape index (κ2) is 7.27. The maximum atomic E-state index is 12.7. The number of nitrogens with one attached hydrogen (secondary N) is 2. The van der Waals surface area contributed by atoms with Gasteiger partial charge in [-0.25, -0.2) is 4.79 Å². The average Bonchev–Trinajstić information content (AvgIpc) is 3.18. The second-order valence-electron chi connectivity index (χ2n) is 7.08. The van der Waals surface area contributed by atoms with Crippen LogP contribution in [0.25, 0.3) is 11.0 Å². The minimum Gasteiger partial charge on any atom is -0.421 e. The topological polar surface area (TPSA) is 71.3 Å². The molecular formula is C22H22N2O3. The monoisotopic (exact) mass is 362 g/mol. The van der Waals surface area contributed by atoms with Gasteiger partial charge in [0.05, 0.1) is 5.69 Å². The molecule has 1 heterocycles. The summed E-state index contributed by atoms with van der Waals surface area (Å²) in [7, 11) is 0. The van der Waals surface area contributed by atoms with Gasteiger partial charge in [0, 0.05) is 17.0 Å². The van der Waals surface area contributed by atoms with Gasteiger partial charge in [-0.1, -0.05) is 42.7 Å². The van der Waals surface area contributed by atoms with Gasteiger partial charge in [0.25, 0.3) is 5.91 Å². The standard InChI is InChI=1S/C22H22N2O3/c1-14-10-12-15(13-11-14)21(25)24-20-19(23-16-6-2-3-7-16)17-8-4-5-9-18(17)27-22(20)26/h4-5,8-13,16,23H,2-3,6-7H2,1H3,(H,24,25). The molecule has 27 heavy (non-hydrogen) atoms. The van der Waals surface area contributed by atoms with Crippen LogP contribution in [-0.4, -0.2) is 11.9 Å². The van der Waals surface area contributed by atoms with Crippen LogP contribution in [0.5, 0.6) is 0 Å². The van der Waals surface area contributed by atoms with Crippen molar-refractivity contribution in [1.29, 1.82) is 0 Å². The van der Waals surface area contributed by atoms with Crippen LogP contribution in [0.15, 0.2) is 57.7 Å². The van der Waals surface area contributed by atoms with Gasteiger partial charge in [-0.15, -0.1) is 0 Å². The van der Waals surface area contributed by atoms with Crippen LogP contribution >= 0.6 is 0 Å². The fraction of sp³-hybridized carbons (Fsp3) is 0.273. The van der Waals surface area contributed by atoms with Crippen LogP contribution in [-0.2, 0) is 0 Å². The highest BCUT2D eigenvalue weighted by Gasteiger charge is 2.22. The van der Waals surface area contributed by atoms with Gasteiger partial charge in [0.15, 0.2) is 5.69 Å². The second-order valence-corrected chi connectivity index (χ2v) is 7.08. The molecule has 0 bridgehead atoms. The van der Waals surface area contributed by atoms with E-state index in [9.17, 15) is 9.59 Å². The Hall–Kier alpha value is -3.08. The Balaban J connectivity index is 1.76. The molecule has 5 heteroatoms. The first-order valence-corrected chi connectivity index (χ1v) is 9.32. The number of rotatable bonds is 4. The molecule has 2 N–H and O–H groups in total. The highest BCUT2D eigenvalue weighted by atomic mass is 16.4. The van der Waals surface area contributed by atoms with E-state index in [-0.39, 0.29) is 11.6 Å². The SMILES string of the molecule is Cc1ccc(C(=O)Nc2c(NC3CCCC3)c3ccccc3oc2=O)cc1. The smallest absolute Gasteiger partial charge is 0.362 e. The van der Waals surface area contributed by atoms with E-state index in [1.54, 1.807) is 18.2 Å². The van der Waals surface area contributed by atoms with E-state index >= 15 is 0 Å². The predicted octanol–water partition coefficient (Wildman–Crippen LogP) is 4.71. The Labute approximate surface area is 157 Å². The molecular weight excluding hydrogens is 340 g/mol. The van der Waals surface area contributed by atoms with Crippen molar-refractivity contribution >= 4 is 28.3 Å². The molecule has 138 valence electrons. The van der Waals surface area contributed by atoms with Crippen LogP contribution in [0.1, 0.15) is 41.6 Å². The molecule has 1 aliphatic rings. The van der Waals surface area contributed by atoms with E-state index in [0.29, 0.717) is 22.9 Å². The van der Waals surface area contributed by atoms with E-state index in [1.165, 1.54) is 12.8 Å². The minimum absolute atomic E-state index is 0.172. The molecule has 4 rings (SSSR count). The molecule has 0 spiro atoms. The van der Waals surface area contributed by atoms with Gasteiger partial charge in [0.2, 0.25) is 0 Å². The molecule has 1 fully saturated rings. The van der Waals surface area contributed by atoms with Crippen molar-refractivity contribution in [1.82, 2.24) is 0 Å². The normalized spacial score (nSPS) is 14.4. The number of carbonyl (C=O) groups is 1. The summed E-state index contributed by atoms with van der Waals surface area (Å²) in [5, 5.41) is 7.05. The van der Waals surface area contributed by atoms with Crippen molar-refractivity contribution in [3.8, 4) is 0 Å². The maximum Gasteiger partial charge on any atom is 0.362 e. The predicted molar refractivity (Wildman–Crippen MR) is 107 cm³/mol. The number of fused-ring (bicyclic) bond motifs is 1. The number of anilines is 2. The molecule has 0 atom stereocenters. The molecule has 1 aliphatic carbocycles. The van der Waals surface area contributed by atoms with Crippen LogP contribution in [0, 0.1) is 6.92 Å². The van der Waals surface area contributed by atoms with Crippen LogP contribution in [0.4, 0.5) is 11.4 Å². The molecule has 0 unspecified atom stereocenters. The Morgan fingerprint density at radius 2 is 1.70 bits per heavy atom.